The molecule has 0 saturated carbocycles. The number of aromatic amines is 2. The first-order valence-corrected chi connectivity index (χ1v) is 12.6. The van der Waals surface area contributed by atoms with Gasteiger partial charge in [0.2, 0.25) is 5.95 Å². The molecule has 0 radical (unpaired) electrons. The van der Waals surface area contributed by atoms with Gasteiger partial charge in [0.15, 0.2) is 22.5 Å². The summed E-state index contributed by atoms with van der Waals surface area (Å²) in [5, 5.41) is 20.4. The number of nitrogen functional groups attached to an aromatic ring is 1. The maximum atomic E-state index is 12.7. The molecule has 3 aromatic heterocycles. The van der Waals surface area contributed by atoms with Crippen LogP contribution in [0.5, 0.6) is 5.75 Å². The van der Waals surface area contributed by atoms with Crippen molar-refractivity contribution in [2.75, 3.05) is 12.3 Å². The highest BCUT2D eigenvalue weighted by Crippen LogP contribution is 2.46. The molecule has 4 heterocycles. The van der Waals surface area contributed by atoms with E-state index in [1.54, 1.807) is 0 Å². The summed E-state index contributed by atoms with van der Waals surface area (Å²) in [6, 6.07) is 0. The third-order valence-corrected chi connectivity index (χ3v) is 6.78. The van der Waals surface area contributed by atoms with E-state index in [1.807, 2.05) is 0 Å². The van der Waals surface area contributed by atoms with Gasteiger partial charge in [-0.15, -0.1) is 12.6 Å². The van der Waals surface area contributed by atoms with Crippen molar-refractivity contribution in [1.29, 1.82) is 0 Å². The number of carbonyl (C=O) groups is 1. The Bertz CT molecular complexity index is 1540. The Morgan fingerprint density at radius 3 is 2.62 bits per heavy atom. The zero-order chi connectivity index (χ0) is 27.2. The summed E-state index contributed by atoms with van der Waals surface area (Å²) in [6.45, 7) is 2.10. The van der Waals surface area contributed by atoms with E-state index >= 15 is 0 Å². The molecule has 0 aliphatic carbocycles. The number of imidazole rings is 1. The molecule has 0 amide bonds. The van der Waals surface area contributed by atoms with Crippen LogP contribution in [0.1, 0.15) is 23.0 Å². The number of anilines is 1. The third-order valence-electron chi connectivity index (χ3n) is 5.74. The Morgan fingerprint density at radius 1 is 1.24 bits per heavy atom. The lowest BCUT2D eigenvalue weighted by Crippen LogP contribution is -2.33. The SMILES string of the molecule is Cc1c(CC(=O)S)[nH]c(=O)c(C)c1OP(=O)(O)OC[C@H]1O[C@@H](n2cnc3c(=O)[nH]c(N)nc32)[C@H](O)[C@@H]1O. The van der Waals surface area contributed by atoms with Crippen LogP contribution < -0.4 is 21.4 Å². The quantitative estimate of drug-likeness (QED) is 0.127. The van der Waals surface area contributed by atoms with E-state index in [9.17, 15) is 34.1 Å². The van der Waals surface area contributed by atoms with Crippen molar-refractivity contribution >= 4 is 42.7 Å². The number of ether oxygens (including phenoxy) is 1. The molecule has 4 rings (SSSR count). The number of pyridine rings is 1. The van der Waals surface area contributed by atoms with E-state index in [2.05, 4.69) is 32.6 Å². The molecule has 0 aromatic carbocycles. The Morgan fingerprint density at radius 2 is 1.95 bits per heavy atom. The van der Waals surface area contributed by atoms with Gasteiger partial charge in [-0.25, -0.2) is 9.55 Å². The number of thiol groups is 1. The number of nitrogens with two attached hydrogens (primary N) is 1. The summed E-state index contributed by atoms with van der Waals surface area (Å²) in [6.07, 6.45) is -4.86. The van der Waals surface area contributed by atoms with E-state index in [-0.39, 0.29) is 46.1 Å². The summed E-state index contributed by atoms with van der Waals surface area (Å²) in [5.74, 6) is -0.471. The average Bonchev–Trinajstić information content (AvgIpc) is 3.34. The van der Waals surface area contributed by atoms with Crippen molar-refractivity contribution in [3.63, 3.8) is 0 Å². The number of nitrogens with one attached hydrogen (secondary N) is 2. The number of hydrogen-bond donors (Lipinski definition) is 7. The second-order valence-corrected chi connectivity index (χ2v) is 10.1. The fourth-order valence-corrected chi connectivity index (χ4v) is 4.90. The summed E-state index contributed by atoms with van der Waals surface area (Å²) < 4.78 is 29.6. The number of fused-ring (bicyclic) bond motifs is 1. The Balaban J connectivity index is 1.51. The van der Waals surface area contributed by atoms with E-state index in [0.29, 0.717) is 0 Å². The molecule has 1 unspecified atom stereocenters. The number of carbonyl (C=O) groups excluding carboxylic acids is 1. The van der Waals surface area contributed by atoms with Crippen LogP contribution >= 0.6 is 20.5 Å². The van der Waals surface area contributed by atoms with Gasteiger partial charge in [0.25, 0.3) is 11.1 Å². The number of H-pyrrole nitrogens is 2. The molecular weight excluding hydrogens is 535 g/mol. The molecule has 18 heteroatoms. The van der Waals surface area contributed by atoms with Crippen molar-refractivity contribution in [3.8, 4) is 5.75 Å². The largest absolute Gasteiger partial charge is 0.527 e. The monoisotopic (exact) mass is 558 g/mol. The molecule has 37 heavy (non-hydrogen) atoms. The Labute approximate surface area is 212 Å². The van der Waals surface area contributed by atoms with Gasteiger partial charge in [-0.1, -0.05) is 0 Å². The van der Waals surface area contributed by atoms with E-state index in [1.165, 1.54) is 18.4 Å². The summed E-state index contributed by atoms with van der Waals surface area (Å²) >= 11 is 3.67. The highest BCUT2D eigenvalue weighted by atomic mass is 32.1. The molecule has 16 nitrogen and oxygen atoms in total. The zero-order valence-corrected chi connectivity index (χ0v) is 21.1. The predicted octanol–water partition coefficient (Wildman–Crippen LogP) is -1.18. The van der Waals surface area contributed by atoms with Gasteiger partial charge in [-0.3, -0.25) is 33.4 Å². The third kappa shape index (κ3) is 5.33. The molecule has 1 fully saturated rings. The maximum Gasteiger partial charge on any atom is 0.527 e. The van der Waals surface area contributed by atoms with Crippen molar-refractivity contribution in [2.24, 2.45) is 0 Å². The predicted molar refractivity (Wildman–Crippen MR) is 129 cm³/mol. The van der Waals surface area contributed by atoms with Gasteiger partial charge in [0, 0.05) is 11.3 Å². The number of phosphoric ester groups is 1. The number of aliphatic hydroxyl groups excluding tert-OH is 2. The maximum absolute atomic E-state index is 12.7. The highest BCUT2D eigenvalue weighted by molar-refractivity contribution is 7.96. The molecule has 7 N–H and O–H groups in total. The smallest absolute Gasteiger partial charge is 0.403 e. The lowest BCUT2D eigenvalue weighted by atomic mass is 10.1. The minimum Gasteiger partial charge on any atom is -0.403 e. The van der Waals surface area contributed by atoms with Gasteiger partial charge >= 0.3 is 7.82 Å². The van der Waals surface area contributed by atoms with Crippen LogP contribution in [0.25, 0.3) is 11.2 Å². The second kappa shape index (κ2) is 10.0. The second-order valence-electron chi connectivity index (χ2n) is 8.26. The molecule has 1 aliphatic heterocycles. The summed E-state index contributed by atoms with van der Waals surface area (Å²) in [5.41, 5.74) is 4.52. The molecule has 200 valence electrons. The summed E-state index contributed by atoms with van der Waals surface area (Å²) in [4.78, 5) is 58.5. The summed E-state index contributed by atoms with van der Waals surface area (Å²) in [7, 11) is -4.90. The first-order valence-electron chi connectivity index (χ1n) is 10.6. The van der Waals surface area contributed by atoms with Crippen LogP contribution in [0.3, 0.4) is 0 Å². The topological polar surface area (TPSA) is 245 Å². The number of phosphoric acid groups is 1. The average molecular weight is 558 g/mol. The van der Waals surface area contributed by atoms with Crippen LogP contribution in [0, 0.1) is 13.8 Å². The van der Waals surface area contributed by atoms with Crippen LogP contribution in [0.4, 0.5) is 5.95 Å². The lowest BCUT2D eigenvalue weighted by Gasteiger charge is -2.20. The van der Waals surface area contributed by atoms with Crippen LogP contribution in [0.15, 0.2) is 15.9 Å². The van der Waals surface area contributed by atoms with Crippen molar-refractivity contribution < 1.29 is 38.3 Å². The molecule has 0 spiro atoms. The van der Waals surface area contributed by atoms with Crippen LogP contribution in [0.2, 0.25) is 0 Å². The van der Waals surface area contributed by atoms with Gasteiger partial charge in [0.1, 0.15) is 24.1 Å². The number of aromatic nitrogens is 5. The fourth-order valence-electron chi connectivity index (χ4n) is 3.85. The van der Waals surface area contributed by atoms with Gasteiger partial charge < -0.3 is 30.2 Å². The van der Waals surface area contributed by atoms with Gasteiger partial charge in [-0.05, 0) is 13.8 Å². The first-order chi connectivity index (χ1) is 17.3. The van der Waals surface area contributed by atoms with Gasteiger partial charge in [0.05, 0.1) is 24.9 Å². The Kier molecular flexibility index (Phi) is 7.31. The minimum atomic E-state index is -4.90. The van der Waals surface area contributed by atoms with Crippen molar-refractivity contribution in [3.05, 3.63) is 43.9 Å². The lowest BCUT2D eigenvalue weighted by molar-refractivity contribution is -0.110. The minimum absolute atomic E-state index is 0.0222. The van der Waals surface area contributed by atoms with E-state index in [4.69, 9.17) is 19.5 Å². The number of nitrogens with zero attached hydrogens (tertiary/aromatic N) is 3. The number of aliphatic hydroxyl groups is 2. The van der Waals surface area contributed by atoms with E-state index in [0.717, 1.165) is 6.33 Å². The van der Waals surface area contributed by atoms with Crippen LogP contribution in [-0.2, 0) is 25.0 Å². The Hall–Kier alpha value is -3.05. The first kappa shape index (κ1) is 27.0. The van der Waals surface area contributed by atoms with Gasteiger partial charge in [-0.2, -0.15) is 4.98 Å². The highest BCUT2D eigenvalue weighted by Gasteiger charge is 2.45. The van der Waals surface area contributed by atoms with Crippen LogP contribution in [-0.4, -0.2) is 69.6 Å². The number of hydrogen-bond acceptors (Lipinski definition) is 12. The zero-order valence-electron chi connectivity index (χ0n) is 19.3. The molecule has 5 atom stereocenters. The molecule has 1 aliphatic rings. The van der Waals surface area contributed by atoms with E-state index < -0.39 is 55.2 Å². The standard InChI is InChI=1S/C19H23N6O10PS/c1-6-8(3-10(26)37)22-16(29)7(2)14(6)35-36(31,32)33-4-9-12(27)13(28)18(34-9)25-5-21-11-15(25)23-19(20)24-17(11)30/h5,9,12-13,18,27-28H,3-4H2,1-2H3,(H,22,29)(H,26,37)(H,31,32)(H3,20,23,24,30)/t9-,12-,13-,18-/m1/s1. The van der Waals surface area contributed by atoms with Crippen molar-refractivity contribution in [1.82, 2.24) is 24.5 Å². The fraction of sp³-hybridized carbons (Fsp3) is 0.421. The normalized spacial score (nSPS) is 23.3. The van der Waals surface area contributed by atoms with Crippen molar-refractivity contribution in [2.45, 2.75) is 44.8 Å². The number of rotatable bonds is 8. The molecule has 1 saturated heterocycles. The molecule has 3 aromatic rings. The molecule has 0 bridgehead atoms. The molecular formula is C19H23N6O10PS.